The molecule has 0 amide bonds. The van der Waals surface area contributed by atoms with Crippen LogP contribution < -0.4 is 5.73 Å². The fraction of sp³-hybridized carbons (Fsp3) is 0.429. The second kappa shape index (κ2) is 5.75. The Balaban J connectivity index is 1.87. The SMILES string of the molecule is CN1CCN(C)C(c2noc(-c3ccc(Br)c(N)c3)n2)C1. The minimum Gasteiger partial charge on any atom is -0.398 e. The Labute approximate surface area is 132 Å². The van der Waals surface area contributed by atoms with Crippen molar-refractivity contribution in [2.24, 2.45) is 0 Å². The van der Waals surface area contributed by atoms with Gasteiger partial charge in [0.25, 0.3) is 5.89 Å². The molecule has 1 saturated heterocycles. The van der Waals surface area contributed by atoms with Gasteiger partial charge in [-0.05, 0) is 48.2 Å². The summed E-state index contributed by atoms with van der Waals surface area (Å²) in [6.45, 7) is 2.95. The molecule has 1 aromatic carbocycles. The Bertz CT molecular complexity index is 644. The van der Waals surface area contributed by atoms with E-state index in [-0.39, 0.29) is 6.04 Å². The van der Waals surface area contributed by atoms with Gasteiger partial charge in [-0.1, -0.05) is 5.16 Å². The van der Waals surface area contributed by atoms with Crippen molar-refractivity contribution < 1.29 is 4.52 Å². The van der Waals surface area contributed by atoms with Gasteiger partial charge in [0, 0.05) is 35.4 Å². The van der Waals surface area contributed by atoms with Crippen LogP contribution in [0.5, 0.6) is 0 Å². The zero-order valence-corrected chi connectivity index (χ0v) is 13.7. The first-order chi connectivity index (χ1) is 10.0. The van der Waals surface area contributed by atoms with Crippen molar-refractivity contribution in [3.63, 3.8) is 0 Å². The molecule has 1 aromatic heterocycles. The van der Waals surface area contributed by atoms with E-state index in [9.17, 15) is 0 Å². The number of halogens is 1. The zero-order valence-electron chi connectivity index (χ0n) is 12.1. The first-order valence-electron chi connectivity index (χ1n) is 6.82. The standard InChI is InChI=1S/C14H18BrN5O/c1-19-5-6-20(2)12(8-19)13-17-14(21-18-13)9-3-4-10(15)11(16)7-9/h3-4,7,12H,5-6,8,16H2,1-2H3. The number of likely N-dealkylation sites (N-methyl/N-ethyl adjacent to an activating group) is 2. The van der Waals surface area contributed by atoms with Crippen LogP contribution in [0.4, 0.5) is 5.69 Å². The molecular weight excluding hydrogens is 334 g/mol. The maximum Gasteiger partial charge on any atom is 0.258 e. The molecule has 1 aliphatic heterocycles. The van der Waals surface area contributed by atoms with Crippen molar-refractivity contribution in [2.45, 2.75) is 6.04 Å². The third kappa shape index (κ3) is 2.95. The van der Waals surface area contributed by atoms with E-state index >= 15 is 0 Å². The number of anilines is 1. The van der Waals surface area contributed by atoms with Gasteiger partial charge in [-0.25, -0.2) is 0 Å². The van der Waals surface area contributed by atoms with Crippen molar-refractivity contribution >= 4 is 21.6 Å². The first-order valence-corrected chi connectivity index (χ1v) is 7.61. The van der Waals surface area contributed by atoms with Crippen LogP contribution in [0.2, 0.25) is 0 Å². The fourth-order valence-electron chi connectivity index (χ4n) is 2.45. The lowest BCUT2D eigenvalue weighted by atomic mass is 10.1. The lowest BCUT2D eigenvalue weighted by Crippen LogP contribution is -2.45. The maximum atomic E-state index is 5.90. The molecular formula is C14H18BrN5O. The number of nitrogens with zero attached hydrogens (tertiary/aromatic N) is 4. The number of rotatable bonds is 2. The summed E-state index contributed by atoms with van der Waals surface area (Å²) in [5, 5.41) is 4.15. The number of piperazine rings is 1. The van der Waals surface area contributed by atoms with E-state index < -0.39 is 0 Å². The van der Waals surface area contributed by atoms with Crippen molar-refractivity contribution in [1.29, 1.82) is 0 Å². The molecule has 112 valence electrons. The molecule has 6 nitrogen and oxygen atoms in total. The van der Waals surface area contributed by atoms with Crippen LogP contribution in [-0.2, 0) is 0 Å². The monoisotopic (exact) mass is 351 g/mol. The van der Waals surface area contributed by atoms with E-state index in [1.165, 1.54) is 0 Å². The fourth-order valence-corrected chi connectivity index (χ4v) is 2.70. The second-order valence-electron chi connectivity index (χ2n) is 5.45. The van der Waals surface area contributed by atoms with Crippen molar-refractivity contribution in [2.75, 3.05) is 39.5 Å². The number of aromatic nitrogens is 2. The van der Waals surface area contributed by atoms with Crippen LogP contribution in [0.1, 0.15) is 11.9 Å². The predicted molar refractivity (Wildman–Crippen MR) is 84.7 cm³/mol. The van der Waals surface area contributed by atoms with E-state index in [2.05, 4.69) is 50.0 Å². The lowest BCUT2D eigenvalue weighted by molar-refractivity contribution is 0.108. The smallest absolute Gasteiger partial charge is 0.258 e. The largest absolute Gasteiger partial charge is 0.398 e. The molecule has 3 rings (SSSR count). The Morgan fingerprint density at radius 2 is 2.14 bits per heavy atom. The van der Waals surface area contributed by atoms with Crippen LogP contribution in [0.3, 0.4) is 0 Å². The Morgan fingerprint density at radius 1 is 1.33 bits per heavy atom. The highest BCUT2D eigenvalue weighted by Gasteiger charge is 2.28. The third-order valence-corrected chi connectivity index (χ3v) is 4.56. The van der Waals surface area contributed by atoms with Gasteiger partial charge in [0.15, 0.2) is 5.82 Å². The summed E-state index contributed by atoms with van der Waals surface area (Å²) in [6.07, 6.45) is 0. The van der Waals surface area contributed by atoms with Crippen LogP contribution in [0, 0.1) is 0 Å². The topological polar surface area (TPSA) is 71.4 Å². The van der Waals surface area contributed by atoms with Crippen LogP contribution in [0.15, 0.2) is 27.2 Å². The van der Waals surface area contributed by atoms with Gasteiger partial charge >= 0.3 is 0 Å². The van der Waals surface area contributed by atoms with Gasteiger partial charge < -0.3 is 15.2 Å². The van der Waals surface area contributed by atoms with Gasteiger partial charge in [0.05, 0.1) is 6.04 Å². The first kappa shape index (κ1) is 14.5. The Kier molecular flexibility index (Phi) is 3.97. The summed E-state index contributed by atoms with van der Waals surface area (Å²) in [4.78, 5) is 9.07. The van der Waals surface area contributed by atoms with Crippen LogP contribution in [-0.4, -0.2) is 53.7 Å². The molecule has 7 heteroatoms. The third-order valence-electron chi connectivity index (χ3n) is 3.83. The average molecular weight is 352 g/mol. The molecule has 21 heavy (non-hydrogen) atoms. The molecule has 0 bridgehead atoms. The Hall–Kier alpha value is -1.44. The van der Waals surface area contributed by atoms with E-state index in [0.717, 1.165) is 35.5 Å². The zero-order chi connectivity index (χ0) is 15.0. The summed E-state index contributed by atoms with van der Waals surface area (Å²) in [5.41, 5.74) is 7.39. The summed E-state index contributed by atoms with van der Waals surface area (Å²) >= 11 is 3.38. The number of hydrogen-bond acceptors (Lipinski definition) is 6. The van der Waals surface area contributed by atoms with Gasteiger partial charge in [-0.2, -0.15) is 4.98 Å². The van der Waals surface area contributed by atoms with Gasteiger partial charge in [0.1, 0.15) is 0 Å². The van der Waals surface area contributed by atoms with E-state index in [1.807, 2.05) is 18.2 Å². The van der Waals surface area contributed by atoms with E-state index in [0.29, 0.717) is 11.6 Å². The van der Waals surface area contributed by atoms with Gasteiger partial charge in [-0.3, -0.25) is 4.90 Å². The number of benzene rings is 1. The summed E-state index contributed by atoms with van der Waals surface area (Å²) in [6, 6.07) is 5.79. The molecule has 0 saturated carbocycles. The molecule has 2 N–H and O–H groups in total. The minimum atomic E-state index is 0.161. The van der Waals surface area contributed by atoms with Crippen LogP contribution >= 0.6 is 15.9 Å². The van der Waals surface area contributed by atoms with Crippen LogP contribution in [0.25, 0.3) is 11.5 Å². The second-order valence-corrected chi connectivity index (χ2v) is 6.31. The van der Waals surface area contributed by atoms with Crippen molar-refractivity contribution in [3.05, 3.63) is 28.5 Å². The summed E-state index contributed by atoms with van der Waals surface area (Å²) in [7, 11) is 4.20. The van der Waals surface area contributed by atoms with Crippen molar-refractivity contribution in [3.8, 4) is 11.5 Å². The molecule has 1 fully saturated rings. The predicted octanol–water partition coefficient (Wildman–Crippen LogP) is 2.00. The normalized spacial score (nSPS) is 20.8. The van der Waals surface area contributed by atoms with Crippen molar-refractivity contribution in [1.82, 2.24) is 19.9 Å². The minimum absolute atomic E-state index is 0.161. The average Bonchev–Trinajstić information content (AvgIpc) is 2.94. The molecule has 1 aliphatic rings. The highest BCUT2D eigenvalue weighted by atomic mass is 79.9. The quantitative estimate of drug-likeness (QED) is 0.834. The number of nitrogens with two attached hydrogens (primary N) is 1. The summed E-state index contributed by atoms with van der Waals surface area (Å²) < 4.78 is 6.27. The number of nitrogen functional groups attached to an aromatic ring is 1. The molecule has 1 atom stereocenters. The molecule has 0 aliphatic carbocycles. The van der Waals surface area contributed by atoms with Gasteiger partial charge in [0.2, 0.25) is 0 Å². The molecule has 0 spiro atoms. The molecule has 2 aromatic rings. The molecule has 2 heterocycles. The molecule has 0 radical (unpaired) electrons. The Morgan fingerprint density at radius 3 is 2.90 bits per heavy atom. The highest BCUT2D eigenvalue weighted by molar-refractivity contribution is 9.10. The van der Waals surface area contributed by atoms with E-state index in [1.54, 1.807) is 0 Å². The lowest BCUT2D eigenvalue weighted by Gasteiger charge is -2.35. The highest BCUT2D eigenvalue weighted by Crippen LogP contribution is 2.28. The van der Waals surface area contributed by atoms with E-state index in [4.69, 9.17) is 10.3 Å². The maximum absolute atomic E-state index is 5.90. The number of hydrogen-bond donors (Lipinski definition) is 1. The summed E-state index contributed by atoms with van der Waals surface area (Å²) in [5.74, 6) is 1.23. The molecule has 1 unspecified atom stereocenters. The van der Waals surface area contributed by atoms with Gasteiger partial charge in [-0.15, -0.1) is 0 Å².